The lowest BCUT2D eigenvalue weighted by Crippen LogP contribution is -2.52. The van der Waals surface area contributed by atoms with Gasteiger partial charge in [-0.3, -0.25) is 19.8 Å². The zero-order valence-electron chi connectivity index (χ0n) is 13.2. The van der Waals surface area contributed by atoms with Gasteiger partial charge in [0.2, 0.25) is 11.8 Å². The molecule has 1 rings (SSSR count). The number of rotatable bonds is 11. The Hall–Kier alpha value is -1.39. The maximum atomic E-state index is 11.6. The molecule has 5 heteroatoms. The Morgan fingerprint density at radius 3 is 1.90 bits per heavy atom. The number of nitrogens with zero attached hydrogens (tertiary/aromatic N) is 1. The van der Waals surface area contributed by atoms with Crippen LogP contribution in [0.1, 0.15) is 77.6 Å². The van der Waals surface area contributed by atoms with E-state index in [1.165, 1.54) is 44.9 Å². The maximum absolute atomic E-state index is 11.6. The number of hydrogen-bond acceptors (Lipinski definition) is 3. The Bertz CT molecular complexity index is 335. The fraction of sp³-hybridized carbons (Fsp3) is 0.812. The van der Waals surface area contributed by atoms with E-state index in [2.05, 4.69) is 12.2 Å². The summed E-state index contributed by atoms with van der Waals surface area (Å²) < 4.78 is 0. The summed E-state index contributed by atoms with van der Waals surface area (Å²) in [4.78, 5) is 35.2. The van der Waals surface area contributed by atoms with Gasteiger partial charge in [0, 0.05) is 6.54 Å². The predicted octanol–water partition coefficient (Wildman–Crippen LogP) is 3.38. The average Bonchev–Trinajstić information content (AvgIpc) is 2.43. The quantitative estimate of drug-likeness (QED) is 0.469. The molecule has 5 nitrogen and oxygen atoms in total. The highest BCUT2D eigenvalue weighted by atomic mass is 16.2. The standard InChI is InChI=1S/C16H28N2O3/c1-2-3-4-5-6-7-8-9-10-11-12-18-15(20)13-14(19)17-16(18)21/h2-13H2,1H3,(H,17,19,21). The molecule has 1 saturated heterocycles. The van der Waals surface area contributed by atoms with Crippen molar-refractivity contribution < 1.29 is 14.4 Å². The number of urea groups is 1. The van der Waals surface area contributed by atoms with Gasteiger partial charge in [0.1, 0.15) is 6.42 Å². The zero-order valence-corrected chi connectivity index (χ0v) is 13.2. The molecule has 0 aliphatic carbocycles. The van der Waals surface area contributed by atoms with E-state index in [1.807, 2.05) is 0 Å². The summed E-state index contributed by atoms with van der Waals surface area (Å²) in [7, 11) is 0. The van der Waals surface area contributed by atoms with Crippen LogP contribution in [0.5, 0.6) is 0 Å². The zero-order chi connectivity index (χ0) is 15.5. The molecule has 1 fully saturated rings. The van der Waals surface area contributed by atoms with Crippen molar-refractivity contribution in [3.63, 3.8) is 0 Å². The smallest absolute Gasteiger partial charge is 0.277 e. The second-order valence-electron chi connectivity index (χ2n) is 5.76. The molecule has 0 aromatic heterocycles. The van der Waals surface area contributed by atoms with Crippen LogP contribution >= 0.6 is 0 Å². The first-order valence-corrected chi connectivity index (χ1v) is 8.29. The first-order valence-electron chi connectivity index (χ1n) is 8.29. The van der Waals surface area contributed by atoms with Crippen molar-refractivity contribution in [2.45, 2.75) is 77.6 Å². The van der Waals surface area contributed by atoms with Crippen LogP contribution in [0.4, 0.5) is 4.79 Å². The van der Waals surface area contributed by atoms with Gasteiger partial charge in [-0.25, -0.2) is 4.79 Å². The molecule has 1 heterocycles. The third-order valence-electron chi connectivity index (χ3n) is 3.84. The number of nitrogens with one attached hydrogen (secondary N) is 1. The lowest BCUT2D eigenvalue weighted by Gasteiger charge is -2.24. The van der Waals surface area contributed by atoms with Gasteiger partial charge in [0.25, 0.3) is 0 Å². The number of carbonyl (C=O) groups excluding carboxylic acids is 3. The van der Waals surface area contributed by atoms with Crippen molar-refractivity contribution in [3.05, 3.63) is 0 Å². The first-order chi connectivity index (χ1) is 10.1. The molecule has 0 spiro atoms. The van der Waals surface area contributed by atoms with Gasteiger partial charge in [-0.05, 0) is 6.42 Å². The van der Waals surface area contributed by atoms with Crippen LogP contribution < -0.4 is 5.32 Å². The normalized spacial score (nSPS) is 15.5. The van der Waals surface area contributed by atoms with Crippen LogP contribution in [0, 0.1) is 0 Å². The van der Waals surface area contributed by atoms with Crippen LogP contribution in [0.2, 0.25) is 0 Å². The molecule has 0 saturated carbocycles. The Morgan fingerprint density at radius 1 is 0.857 bits per heavy atom. The molecule has 4 amide bonds. The van der Waals surface area contributed by atoms with E-state index in [0.717, 1.165) is 24.2 Å². The minimum Gasteiger partial charge on any atom is -0.277 e. The van der Waals surface area contributed by atoms with Crippen molar-refractivity contribution in [1.29, 1.82) is 0 Å². The predicted molar refractivity (Wildman–Crippen MR) is 81.7 cm³/mol. The van der Waals surface area contributed by atoms with Crippen LogP contribution in [0.25, 0.3) is 0 Å². The van der Waals surface area contributed by atoms with Gasteiger partial charge < -0.3 is 0 Å². The van der Waals surface area contributed by atoms with Crippen LogP contribution in [0.3, 0.4) is 0 Å². The third kappa shape index (κ3) is 7.25. The van der Waals surface area contributed by atoms with E-state index >= 15 is 0 Å². The van der Waals surface area contributed by atoms with Gasteiger partial charge in [0.05, 0.1) is 0 Å². The van der Waals surface area contributed by atoms with Crippen molar-refractivity contribution >= 4 is 17.8 Å². The molecule has 0 atom stereocenters. The Balaban J connectivity index is 1.98. The van der Waals surface area contributed by atoms with E-state index in [1.54, 1.807) is 0 Å². The average molecular weight is 296 g/mol. The minimum absolute atomic E-state index is 0.205. The highest BCUT2D eigenvalue weighted by Gasteiger charge is 2.29. The fourth-order valence-electron chi connectivity index (χ4n) is 2.56. The van der Waals surface area contributed by atoms with Gasteiger partial charge >= 0.3 is 6.03 Å². The highest BCUT2D eigenvalue weighted by Crippen LogP contribution is 2.11. The summed E-state index contributed by atoms with van der Waals surface area (Å²) in [5.41, 5.74) is 0. The monoisotopic (exact) mass is 296 g/mol. The molecule has 120 valence electrons. The van der Waals surface area contributed by atoms with E-state index in [4.69, 9.17) is 0 Å². The summed E-state index contributed by atoms with van der Waals surface area (Å²) in [6.45, 7) is 2.65. The molecule has 21 heavy (non-hydrogen) atoms. The van der Waals surface area contributed by atoms with E-state index < -0.39 is 11.9 Å². The van der Waals surface area contributed by atoms with E-state index in [-0.39, 0.29) is 12.3 Å². The van der Waals surface area contributed by atoms with E-state index in [0.29, 0.717) is 6.54 Å². The van der Waals surface area contributed by atoms with Crippen molar-refractivity contribution in [2.24, 2.45) is 0 Å². The molecule has 0 aromatic carbocycles. The number of imide groups is 2. The summed E-state index contributed by atoms with van der Waals surface area (Å²) in [6, 6.07) is -0.563. The Labute approximate surface area is 127 Å². The molecule has 1 N–H and O–H groups in total. The number of barbiturate groups is 1. The SMILES string of the molecule is CCCCCCCCCCCCN1C(=O)CC(=O)NC1=O. The molecule has 0 unspecified atom stereocenters. The lowest BCUT2D eigenvalue weighted by atomic mass is 10.1. The number of unbranched alkanes of at least 4 members (excludes halogenated alkanes) is 9. The maximum Gasteiger partial charge on any atom is 0.330 e. The molecular weight excluding hydrogens is 268 g/mol. The first kappa shape index (κ1) is 17.7. The van der Waals surface area contributed by atoms with Gasteiger partial charge in [-0.1, -0.05) is 64.7 Å². The van der Waals surface area contributed by atoms with Crippen molar-refractivity contribution in [2.75, 3.05) is 6.54 Å². The summed E-state index contributed by atoms with van der Waals surface area (Å²) in [6.07, 6.45) is 11.9. The topological polar surface area (TPSA) is 66.5 Å². The number of amides is 4. The minimum atomic E-state index is -0.563. The largest absolute Gasteiger partial charge is 0.330 e. The van der Waals surface area contributed by atoms with Crippen LogP contribution in [-0.4, -0.2) is 29.3 Å². The molecule has 1 aliphatic heterocycles. The highest BCUT2D eigenvalue weighted by molar-refractivity contribution is 6.14. The van der Waals surface area contributed by atoms with Crippen molar-refractivity contribution in [1.82, 2.24) is 10.2 Å². The van der Waals surface area contributed by atoms with Crippen LogP contribution in [-0.2, 0) is 9.59 Å². The Morgan fingerprint density at radius 2 is 1.38 bits per heavy atom. The third-order valence-corrected chi connectivity index (χ3v) is 3.84. The van der Waals surface area contributed by atoms with Gasteiger partial charge in [-0.2, -0.15) is 0 Å². The summed E-state index contributed by atoms with van der Waals surface area (Å²) >= 11 is 0. The number of carbonyl (C=O) groups is 3. The molecule has 1 aliphatic rings. The summed E-state index contributed by atoms with van der Waals surface area (Å²) in [5.74, 6) is -0.871. The van der Waals surface area contributed by atoms with Gasteiger partial charge in [0.15, 0.2) is 0 Å². The Kier molecular flexibility index (Phi) is 8.71. The van der Waals surface area contributed by atoms with Crippen LogP contribution in [0.15, 0.2) is 0 Å². The molecular formula is C16H28N2O3. The second-order valence-corrected chi connectivity index (χ2v) is 5.76. The van der Waals surface area contributed by atoms with E-state index in [9.17, 15) is 14.4 Å². The lowest BCUT2D eigenvalue weighted by molar-refractivity contribution is -0.136. The second kappa shape index (κ2) is 10.4. The fourth-order valence-corrected chi connectivity index (χ4v) is 2.56. The molecule has 0 bridgehead atoms. The molecule has 0 aromatic rings. The summed E-state index contributed by atoms with van der Waals surface area (Å²) in [5, 5.41) is 2.17. The van der Waals surface area contributed by atoms with Crippen molar-refractivity contribution in [3.8, 4) is 0 Å². The number of hydrogen-bond donors (Lipinski definition) is 1. The van der Waals surface area contributed by atoms with Gasteiger partial charge in [-0.15, -0.1) is 0 Å². The molecule has 0 radical (unpaired) electrons.